The van der Waals surface area contributed by atoms with E-state index in [4.69, 9.17) is 5.73 Å². The minimum atomic E-state index is -0.161. The second-order valence-electron chi connectivity index (χ2n) is 5.87. The van der Waals surface area contributed by atoms with Gasteiger partial charge in [0.15, 0.2) is 0 Å². The highest BCUT2D eigenvalue weighted by molar-refractivity contribution is 9.10. The fraction of sp³-hybridized carbons (Fsp3) is 0.562. The molecule has 3 nitrogen and oxygen atoms in total. The van der Waals surface area contributed by atoms with Crippen molar-refractivity contribution in [3.8, 4) is 0 Å². The number of piperidine rings is 1. The zero-order valence-electron chi connectivity index (χ0n) is 12.0. The van der Waals surface area contributed by atoms with Gasteiger partial charge in [-0.1, -0.05) is 35.0 Å². The Labute approximate surface area is 129 Å². The third-order valence-corrected chi connectivity index (χ3v) is 4.64. The van der Waals surface area contributed by atoms with Crippen LogP contribution in [0.25, 0.3) is 0 Å². The molecule has 20 heavy (non-hydrogen) atoms. The zero-order valence-corrected chi connectivity index (χ0v) is 13.6. The maximum atomic E-state index is 10.9. The molecule has 1 fully saturated rings. The number of likely N-dealkylation sites (tertiary alicyclic amines) is 1. The molecule has 0 aliphatic carbocycles. The van der Waals surface area contributed by atoms with Gasteiger partial charge in [-0.25, -0.2) is 0 Å². The second kappa shape index (κ2) is 7.23. The van der Waals surface area contributed by atoms with Crippen LogP contribution in [0.2, 0.25) is 0 Å². The van der Waals surface area contributed by atoms with Crippen LogP contribution in [0.3, 0.4) is 0 Å². The van der Waals surface area contributed by atoms with Crippen LogP contribution in [-0.4, -0.2) is 30.4 Å². The molecule has 0 aromatic heterocycles. The fourth-order valence-electron chi connectivity index (χ4n) is 2.96. The predicted molar refractivity (Wildman–Crippen MR) is 85.5 cm³/mol. The topological polar surface area (TPSA) is 46.3 Å². The first-order chi connectivity index (χ1) is 9.54. The molecular weight excluding hydrogens is 316 g/mol. The number of rotatable bonds is 5. The van der Waals surface area contributed by atoms with Gasteiger partial charge < -0.3 is 10.6 Å². The molecule has 2 rings (SSSR count). The first kappa shape index (κ1) is 15.5. The first-order valence-corrected chi connectivity index (χ1v) is 8.10. The highest BCUT2D eigenvalue weighted by Crippen LogP contribution is 2.24. The lowest BCUT2D eigenvalue weighted by Gasteiger charge is -2.33. The molecule has 1 heterocycles. The molecule has 0 unspecified atom stereocenters. The van der Waals surface area contributed by atoms with Crippen molar-refractivity contribution in [1.29, 1.82) is 0 Å². The summed E-state index contributed by atoms with van der Waals surface area (Å²) >= 11 is 3.53. The van der Waals surface area contributed by atoms with E-state index in [0.29, 0.717) is 18.3 Å². The molecule has 0 radical (unpaired) electrons. The van der Waals surface area contributed by atoms with E-state index < -0.39 is 0 Å². The van der Waals surface area contributed by atoms with Crippen LogP contribution in [-0.2, 0) is 4.79 Å². The van der Waals surface area contributed by atoms with E-state index in [1.807, 2.05) is 0 Å². The zero-order chi connectivity index (χ0) is 14.5. The van der Waals surface area contributed by atoms with E-state index in [2.05, 4.69) is 52.0 Å². The molecule has 1 saturated heterocycles. The lowest BCUT2D eigenvalue weighted by molar-refractivity contribution is -0.119. The molecule has 1 amide bonds. The van der Waals surface area contributed by atoms with Crippen molar-refractivity contribution in [2.45, 2.75) is 32.1 Å². The monoisotopic (exact) mass is 338 g/mol. The minimum absolute atomic E-state index is 0.161. The van der Waals surface area contributed by atoms with Gasteiger partial charge in [0, 0.05) is 17.4 Å². The highest BCUT2D eigenvalue weighted by Gasteiger charge is 2.22. The van der Waals surface area contributed by atoms with Crippen molar-refractivity contribution >= 4 is 21.8 Å². The van der Waals surface area contributed by atoms with Gasteiger partial charge in [0.1, 0.15) is 0 Å². The second-order valence-corrected chi connectivity index (χ2v) is 6.79. The summed E-state index contributed by atoms with van der Waals surface area (Å²) in [6.45, 7) is 5.52. The maximum absolute atomic E-state index is 10.9. The number of primary amides is 1. The third kappa shape index (κ3) is 4.60. The van der Waals surface area contributed by atoms with Crippen molar-refractivity contribution < 1.29 is 4.79 Å². The molecule has 1 aliphatic rings. The molecule has 1 aromatic rings. The first-order valence-electron chi connectivity index (χ1n) is 7.30. The van der Waals surface area contributed by atoms with Gasteiger partial charge in [-0.3, -0.25) is 4.79 Å². The average Bonchev–Trinajstić information content (AvgIpc) is 2.40. The van der Waals surface area contributed by atoms with Gasteiger partial charge >= 0.3 is 0 Å². The van der Waals surface area contributed by atoms with Gasteiger partial charge in [-0.2, -0.15) is 0 Å². The van der Waals surface area contributed by atoms with Crippen LogP contribution in [0.1, 0.15) is 37.7 Å². The van der Waals surface area contributed by atoms with Gasteiger partial charge in [-0.15, -0.1) is 0 Å². The van der Waals surface area contributed by atoms with E-state index in [0.717, 1.165) is 36.9 Å². The maximum Gasteiger partial charge on any atom is 0.217 e. The van der Waals surface area contributed by atoms with E-state index in [1.165, 1.54) is 5.56 Å². The van der Waals surface area contributed by atoms with E-state index >= 15 is 0 Å². The standard InChI is InChI=1S/C16H23BrN2O/c1-12(14-3-2-4-15(17)10-14)11-19-7-5-13(6-8-19)9-16(18)20/h2-4,10,12-13H,5-9,11H2,1H3,(H2,18,20)/t12-/m1/s1. The molecule has 1 atom stereocenters. The molecular formula is C16H23BrN2O. The summed E-state index contributed by atoms with van der Waals surface area (Å²) in [5.74, 6) is 0.857. The summed E-state index contributed by atoms with van der Waals surface area (Å²) in [6.07, 6.45) is 2.73. The van der Waals surface area contributed by atoms with E-state index in [-0.39, 0.29) is 5.91 Å². The number of halogens is 1. The Morgan fingerprint density at radius 3 is 2.75 bits per heavy atom. The largest absolute Gasteiger partial charge is 0.370 e. The van der Waals surface area contributed by atoms with Crippen molar-refractivity contribution in [1.82, 2.24) is 4.90 Å². The molecule has 1 aromatic carbocycles. The van der Waals surface area contributed by atoms with Crippen molar-refractivity contribution in [2.24, 2.45) is 11.7 Å². The normalized spacial score (nSPS) is 18.9. The Balaban J connectivity index is 1.82. The number of carbonyl (C=O) groups is 1. The lowest BCUT2D eigenvalue weighted by Crippen LogP contribution is -2.37. The average molecular weight is 339 g/mol. The molecule has 0 spiro atoms. The fourth-order valence-corrected chi connectivity index (χ4v) is 3.38. The summed E-state index contributed by atoms with van der Waals surface area (Å²) in [4.78, 5) is 13.5. The number of benzene rings is 1. The molecule has 4 heteroatoms. The summed E-state index contributed by atoms with van der Waals surface area (Å²) in [5, 5.41) is 0. The Morgan fingerprint density at radius 1 is 1.45 bits per heavy atom. The number of hydrogen-bond donors (Lipinski definition) is 1. The SMILES string of the molecule is C[C@H](CN1CCC(CC(N)=O)CC1)c1cccc(Br)c1. The lowest BCUT2D eigenvalue weighted by atomic mass is 9.92. The van der Waals surface area contributed by atoms with Crippen LogP contribution in [0.4, 0.5) is 0 Å². The number of amides is 1. The van der Waals surface area contributed by atoms with Crippen molar-refractivity contribution in [2.75, 3.05) is 19.6 Å². The molecule has 0 saturated carbocycles. The molecule has 1 aliphatic heterocycles. The Morgan fingerprint density at radius 2 is 2.15 bits per heavy atom. The van der Waals surface area contributed by atoms with Gasteiger partial charge in [0.25, 0.3) is 0 Å². The number of carbonyl (C=O) groups excluding carboxylic acids is 1. The Hall–Kier alpha value is -0.870. The number of hydrogen-bond acceptors (Lipinski definition) is 2. The summed E-state index contributed by atoms with van der Waals surface area (Å²) in [7, 11) is 0. The quantitative estimate of drug-likeness (QED) is 0.896. The Bertz CT molecular complexity index is 456. The van der Waals surface area contributed by atoms with Crippen LogP contribution < -0.4 is 5.73 Å². The molecule has 110 valence electrons. The molecule has 2 N–H and O–H groups in total. The van der Waals surface area contributed by atoms with Crippen LogP contribution in [0.15, 0.2) is 28.7 Å². The van der Waals surface area contributed by atoms with Gasteiger partial charge in [0.05, 0.1) is 0 Å². The third-order valence-electron chi connectivity index (χ3n) is 4.15. The summed E-state index contributed by atoms with van der Waals surface area (Å²) < 4.78 is 1.14. The van der Waals surface area contributed by atoms with Crippen LogP contribution in [0, 0.1) is 5.92 Å². The van der Waals surface area contributed by atoms with Gasteiger partial charge in [-0.05, 0) is 55.5 Å². The smallest absolute Gasteiger partial charge is 0.217 e. The number of nitrogens with two attached hydrogens (primary N) is 1. The van der Waals surface area contributed by atoms with Crippen molar-refractivity contribution in [3.05, 3.63) is 34.3 Å². The Kier molecular flexibility index (Phi) is 5.61. The van der Waals surface area contributed by atoms with E-state index in [9.17, 15) is 4.79 Å². The highest BCUT2D eigenvalue weighted by atomic mass is 79.9. The van der Waals surface area contributed by atoms with Gasteiger partial charge in [0.2, 0.25) is 5.91 Å². The summed E-state index contributed by atoms with van der Waals surface area (Å²) in [6, 6.07) is 8.54. The van der Waals surface area contributed by atoms with Crippen LogP contribution >= 0.6 is 15.9 Å². The summed E-state index contributed by atoms with van der Waals surface area (Å²) in [5.41, 5.74) is 6.65. The van der Waals surface area contributed by atoms with E-state index in [1.54, 1.807) is 0 Å². The predicted octanol–water partition coefficient (Wildman–Crippen LogP) is 3.14. The number of nitrogens with zero attached hydrogens (tertiary/aromatic N) is 1. The minimum Gasteiger partial charge on any atom is -0.370 e. The molecule has 0 bridgehead atoms. The van der Waals surface area contributed by atoms with Crippen molar-refractivity contribution in [3.63, 3.8) is 0 Å². The van der Waals surface area contributed by atoms with Crippen LogP contribution in [0.5, 0.6) is 0 Å².